The van der Waals surface area contributed by atoms with Crippen molar-refractivity contribution in [1.82, 2.24) is 15.5 Å². The Morgan fingerprint density at radius 1 is 1.20 bits per heavy atom. The number of nitrogens with zero attached hydrogens (tertiary/aromatic N) is 2. The minimum absolute atomic E-state index is 0.126. The molecule has 1 saturated carbocycles. The highest BCUT2D eigenvalue weighted by molar-refractivity contribution is 5.79. The van der Waals surface area contributed by atoms with E-state index in [2.05, 4.69) is 48.5 Å². The molecule has 4 heteroatoms. The van der Waals surface area contributed by atoms with Gasteiger partial charge in [-0.15, -0.1) is 0 Å². The predicted octanol–water partition coefficient (Wildman–Crippen LogP) is 2.46. The van der Waals surface area contributed by atoms with Crippen LogP contribution >= 0.6 is 0 Å². The van der Waals surface area contributed by atoms with Crippen LogP contribution in [-0.2, 0) is 0 Å². The Morgan fingerprint density at radius 2 is 1.85 bits per heavy atom. The number of rotatable bonds is 7. The van der Waals surface area contributed by atoms with Crippen LogP contribution in [0.5, 0.6) is 0 Å². The summed E-state index contributed by atoms with van der Waals surface area (Å²) in [5.41, 5.74) is 0.126. The zero-order valence-corrected chi connectivity index (χ0v) is 14.1. The molecule has 0 heterocycles. The number of hydrogen-bond acceptors (Lipinski definition) is 2. The fourth-order valence-corrected chi connectivity index (χ4v) is 2.58. The Bertz CT molecular complexity index is 291. The van der Waals surface area contributed by atoms with E-state index in [1.165, 1.54) is 38.5 Å². The molecule has 0 aromatic carbocycles. The molecule has 2 N–H and O–H groups in total. The Balaban J connectivity index is 2.16. The third-order valence-electron chi connectivity index (χ3n) is 4.68. The van der Waals surface area contributed by atoms with Gasteiger partial charge in [-0.2, -0.15) is 0 Å². The zero-order chi connectivity index (χ0) is 15.0. The summed E-state index contributed by atoms with van der Waals surface area (Å²) < 4.78 is 0. The SMILES string of the molecule is CN=C(NCCCC1CCCC1)NCC(C)(C)N(C)C. The number of nitrogens with one attached hydrogen (secondary N) is 2. The van der Waals surface area contributed by atoms with Gasteiger partial charge in [0, 0.05) is 25.7 Å². The zero-order valence-electron chi connectivity index (χ0n) is 14.1. The molecule has 0 saturated heterocycles. The molecule has 1 aliphatic carbocycles. The van der Waals surface area contributed by atoms with E-state index >= 15 is 0 Å². The van der Waals surface area contributed by atoms with Crippen LogP contribution < -0.4 is 10.6 Å². The van der Waals surface area contributed by atoms with E-state index in [1.807, 2.05) is 7.05 Å². The molecule has 1 fully saturated rings. The summed E-state index contributed by atoms with van der Waals surface area (Å²) in [6.07, 6.45) is 8.41. The molecule has 0 bridgehead atoms. The lowest BCUT2D eigenvalue weighted by Crippen LogP contribution is -2.50. The highest BCUT2D eigenvalue weighted by Crippen LogP contribution is 2.28. The molecule has 0 aromatic heterocycles. The third-order valence-corrected chi connectivity index (χ3v) is 4.68. The maximum atomic E-state index is 4.30. The monoisotopic (exact) mass is 282 g/mol. The van der Waals surface area contributed by atoms with Crippen molar-refractivity contribution in [2.75, 3.05) is 34.2 Å². The van der Waals surface area contributed by atoms with Crippen molar-refractivity contribution in [3.8, 4) is 0 Å². The van der Waals surface area contributed by atoms with Crippen molar-refractivity contribution in [2.24, 2.45) is 10.9 Å². The Morgan fingerprint density at radius 3 is 2.40 bits per heavy atom. The number of guanidine groups is 1. The van der Waals surface area contributed by atoms with Gasteiger partial charge >= 0.3 is 0 Å². The fraction of sp³-hybridized carbons (Fsp3) is 0.938. The first-order valence-corrected chi connectivity index (χ1v) is 8.07. The lowest BCUT2D eigenvalue weighted by molar-refractivity contribution is 0.197. The van der Waals surface area contributed by atoms with Crippen LogP contribution in [0.2, 0.25) is 0 Å². The maximum absolute atomic E-state index is 4.30. The molecule has 1 rings (SSSR count). The van der Waals surface area contributed by atoms with Crippen LogP contribution in [-0.4, -0.2) is 50.6 Å². The molecule has 118 valence electrons. The van der Waals surface area contributed by atoms with Gasteiger partial charge in [0.05, 0.1) is 0 Å². The van der Waals surface area contributed by atoms with Crippen molar-refractivity contribution >= 4 is 5.96 Å². The quantitative estimate of drug-likeness (QED) is 0.428. The van der Waals surface area contributed by atoms with E-state index in [4.69, 9.17) is 0 Å². The smallest absolute Gasteiger partial charge is 0.191 e. The normalized spacial score (nSPS) is 17.8. The number of hydrogen-bond donors (Lipinski definition) is 2. The molecule has 20 heavy (non-hydrogen) atoms. The van der Waals surface area contributed by atoms with Crippen LogP contribution in [0.15, 0.2) is 4.99 Å². The molecular weight excluding hydrogens is 248 g/mol. The maximum Gasteiger partial charge on any atom is 0.191 e. The van der Waals surface area contributed by atoms with Crippen molar-refractivity contribution in [1.29, 1.82) is 0 Å². The van der Waals surface area contributed by atoms with Gasteiger partial charge in [-0.1, -0.05) is 25.7 Å². The Hall–Kier alpha value is -0.770. The average molecular weight is 282 g/mol. The molecule has 0 spiro atoms. The summed E-state index contributed by atoms with van der Waals surface area (Å²) in [6, 6.07) is 0. The average Bonchev–Trinajstić information content (AvgIpc) is 2.90. The van der Waals surface area contributed by atoms with Gasteiger partial charge in [-0.3, -0.25) is 4.99 Å². The van der Waals surface area contributed by atoms with Gasteiger partial charge in [0.1, 0.15) is 0 Å². The summed E-state index contributed by atoms with van der Waals surface area (Å²) >= 11 is 0. The number of aliphatic imine (C=N–C) groups is 1. The van der Waals surface area contributed by atoms with Crippen LogP contribution in [0.1, 0.15) is 52.4 Å². The number of likely N-dealkylation sites (N-methyl/N-ethyl adjacent to an activating group) is 1. The lowest BCUT2D eigenvalue weighted by atomic mass is 10.0. The van der Waals surface area contributed by atoms with Gasteiger partial charge in [0.2, 0.25) is 0 Å². The summed E-state index contributed by atoms with van der Waals surface area (Å²) in [5.74, 6) is 1.91. The highest BCUT2D eigenvalue weighted by atomic mass is 15.2. The molecular formula is C16H34N4. The second kappa shape index (κ2) is 8.50. The molecule has 0 aromatic rings. The third kappa shape index (κ3) is 6.12. The summed E-state index contributed by atoms with van der Waals surface area (Å²) in [6.45, 7) is 6.38. The topological polar surface area (TPSA) is 39.7 Å². The Labute approximate surface area is 125 Å². The second-order valence-electron chi connectivity index (χ2n) is 6.85. The minimum atomic E-state index is 0.126. The molecule has 0 radical (unpaired) electrons. The lowest BCUT2D eigenvalue weighted by Gasteiger charge is -2.33. The van der Waals surface area contributed by atoms with E-state index in [1.54, 1.807) is 0 Å². The standard InChI is InChI=1S/C16H34N4/c1-16(2,20(4)5)13-19-15(17-3)18-12-8-11-14-9-6-7-10-14/h14H,6-13H2,1-5H3,(H2,17,18,19). The van der Waals surface area contributed by atoms with Gasteiger partial charge < -0.3 is 15.5 Å². The van der Waals surface area contributed by atoms with E-state index < -0.39 is 0 Å². The molecule has 0 aliphatic heterocycles. The molecule has 0 amide bonds. The minimum Gasteiger partial charge on any atom is -0.356 e. The predicted molar refractivity (Wildman–Crippen MR) is 88.3 cm³/mol. The molecule has 0 unspecified atom stereocenters. The molecule has 0 atom stereocenters. The first-order chi connectivity index (χ1) is 9.45. The van der Waals surface area contributed by atoms with E-state index in [0.29, 0.717) is 0 Å². The van der Waals surface area contributed by atoms with Gasteiger partial charge in [0.25, 0.3) is 0 Å². The van der Waals surface area contributed by atoms with E-state index in [9.17, 15) is 0 Å². The van der Waals surface area contributed by atoms with Crippen LogP contribution in [0.4, 0.5) is 0 Å². The molecule has 4 nitrogen and oxygen atoms in total. The second-order valence-corrected chi connectivity index (χ2v) is 6.85. The highest BCUT2D eigenvalue weighted by Gasteiger charge is 2.20. The van der Waals surface area contributed by atoms with Gasteiger partial charge in [0.15, 0.2) is 5.96 Å². The molecule has 1 aliphatic rings. The largest absolute Gasteiger partial charge is 0.356 e. The van der Waals surface area contributed by atoms with Crippen LogP contribution in [0, 0.1) is 5.92 Å². The van der Waals surface area contributed by atoms with Crippen LogP contribution in [0.3, 0.4) is 0 Å². The first-order valence-electron chi connectivity index (χ1n) is 8.07. The van der Waals surface area contributed by atoms with Gasteiger partial charge in [-0.05, 0) is 46.7 Å². The first kappa shape index (κ1) is 17.3. The van der Waals surface area contributed by atoms with Crippen LogP contribution in [0.25, 0.3) is 0 Å². The van der Waals surface area contributed by atoms with E-state index in [-0.39, 0.29) is 5.54 Å². The van der Waals surface area contributed by atoms with Crippen molar-refractivity contribution < 1.29 is 0 Å². The van der Waals surface area contributed by atoms with Crippen molar-refractivity contribution in [2.45, 2.75) is 57.9 Å². The summed E-state index contributed by atoms with van der Waals surface area (Å²) in [7, 11) is 6.06. The van der Waals surface area contributed by atoms with E-state index in [0.717, 1.165) is 25.0 Å². The summed E-state index contributed by atoms with van der Waals surface area (Å²) in [5, 5.41) is 6.84. The van der Waals surface area contributed by atoms with Crippen molar-refractivity contribution in [3.63, 3.8) is 0 Å². The van der Waals surface area contributed by atoms with Crippen molar-refractivity contribution in [3.05, 3.63) is 0 Å². The Kier molecular flexibility index (Phi) is 7.35. The van der Waals surface area contributed by atoms with Gasteiger partial charge in [-0.25, -0.2) is 0 Å². The summed E-state index contributed by atoms with van der Waals surface area (Å²) in [4.78, 5) is 6.53. The fourth-order valence-electron chi connectivity index (χ4n) is 2.58.